The van der Waals surface area contributed by atoms with E-state index < -0.39 is 11.6 Å². The second-order valence-electron chi connectivity index (χ2n) is 7.76. The maximum absolute atomic E-state index is 12.2. The molecule has 1 aliphatic rings. The molecule has 2 heterocycles. The summed E-state index contributed by atoms with van der Waals surface area (Å²) in [6.07, 6.45) is -0.608. The Labute approximate surface area is 169 Å². The second-order valence-corrected chi connectivity index (χ2v) is 7.76. The van der Waals surface area contributed by atoms with Gasteiger partial charge in [0, 0.05) is 11.9 Å². The molecule has 1 atom stereocenters. The van der Waals surface area contributed by atoms with Crippen molar-refractivity contribution in [2.24, 2.45) is 0 Å². The Balaban J connectivity index is 1.58. The molecule has 0 aliphatic carbocycles. The van der Waals surface area contributed by atoms with E-state index in [1.807, 2.05) is 20.8 Å². The number of rotatable bonds is 5. The molecule has 3 rings (SSSR count). The summed E-state index contributed by atoms with van der Waals surface area (Å²) in [5, 5.41) is 0.741. The van der Waals surface area contributed by atoms with E-state index in [0.717, 1.165) is 5.39 Å². The van der Waals surface area contributed by atoms with Crippen molar-refractivity contribution in [2.75, 3.05) is 32.9 Å². The van der Waals surface area contributed by atoms with Gasteiger partial charge in [-0.2, -0.15) is 0 Å². The number of hydrogen-bond donors (Lipinski definition) is 0. The summed E-state index contributed by atoms with van der Waals surface area (Å²) in [4.78, 5) is 25.7. The summed E-state index contributed by atoms with van der Waals surface area (Å²) in [7, 11) is 0. The van der Waals surface area contributed by atoms with E-state index in [9.17, 15) is 9.59 Å². The average Bonchev–Trinajstić information content (AvgIpc) is 3.09. The standard InChI is InChI=1S/C21H27NO7/c1-5-25-19(23)18-11-14-10-15(6-7-17(14)28-18)27-13-16-12-22(8-9-26-16)20(24)29-21(2,3)4/h6-7,10-11,16H,5,8-9,12-13H2,1-4H3/t16-/m1/s1. The van der Waals surface area contributed by atoms with Gasteiger partial charge >= 0.3 is 12.1 Å². The zero-order valence-corrected chi connectivity index (χ0v) is 17.2. The predicted molar refractivity (Wildman–Crippen MR) is 105 cm³/mol. The monoisotopic (exact) mass is 405 g/mol. The molecule has 1 aromatic carbocycles. The molecule has 0 saturated carbocycles. The number of carbonyl (C=O) groups is 2. The Hall–Kier alpha value is -2.74. The minimum Gasteiger partial charge on any atom is -0.491 e. The van der Waals surface area contributed by atoms with Crippen LogP contribution in [0, 0.1) is 0 Å². The Morgan fingerprint density at radius 2 is 2.03 bits per heavy atom. The van der Waals surface area contributed by atoms with Gasteiger partial charge in [-0.15, -0.1) is 0 Å². The second kappa shape index (κ2) is 8.73. The van der Waals surface area contributed by atoms with Gasteiger partial charge in [0.15, 0.2) is 0 Å². The summed E-state index contributed by atoms with van der Waals surface area (Å²) in [6, 6.07) is 6.91. The molecule has 158 valence electrons. The molecule has 1 saturated heterocycles. The Bertz CT molecular complexity index is 868. The van der Waals surface area contributed by atoms with Gasteiger partial charge in [0.2, 0.25) is 5.76 Å². The molecule has 0 radical (unpaired) electrons. The van der Waals surface area contributed by atoms with Gasteiger partial charge in [-0.25, -0.2) is 9.59 Å². The summed E-state index contributed by atoms with van der Waals surface area (Å²) < 4.78 is 27.4. The molecule has 29 heavy (non-hydrogen) atoms. The van der Waals surface area contributed by atoms with E-state index in [2.05, 4.69) is 0 Å². The highest BCUT2D eigenvalue weighted by molar-refractivity contribution is 5.92. The highest BCUT2D eigenvalue weighted by atomic mass is 16.6. The Morgan fingerprint density at radius 1 is 1.24 bits per heavy atom. The van der Waals surface area contributed by atoms with Gasteiger partial charge in [-0.3, -0.25) is 0 Å². The number of furan rings is 1. The van der Waals surface area contributed by atoms with Crippen molar-refractivity contribution in [3.05, 3.63) is 30.0 Å². The molecule has 8 nitrogen and oxygen atoms in total. The number of fused-ring (bicyclic) bond motifs is 1. The van der Waals surface area contributed by atoms with E-state index in [4.69, 9.17) is 23.4 Å². The number of esters is 1. The number of carbonyl (C=O) groups excluding carboxylic acids is 2. The summed E-state index contributed by atoms with van der Waals surface area (Å²) in [6.45, 7) is 9.14. The molecule has 1 aromatic heterocycles. The SMILES string of the molecule is CCOC(=O)c1cc2cc(OC[C@H]3CN(C(=O)OC(C)(C)C)CCO3)ccc2o1. The molecule has 8 heteroatoms. The maximum Gasteiger partial charge on any atom is 0.410 e. The van der Waals surface area contributed by atoms with Gasteiger partial charge in [-0.1, -0.05) is 0 Å². The predicted octanol–water partition coefficient (Wildman–Crippen LogP) is 3.62. The fourth-order valence-corrected chi connectivity index (χ4v) is 2.92. The van der Waals surface area contributed by atoms with Crippen molar-refractivity contribution >= 4 is 23.0 Å². The van der Waals surface area contributed by atoms with Crippen LogP contribution < -0.4 is 4.74 Å². The molecular weight excluding hydrogens is 378 g/mol. The van der Waals surface area contributed by atoms with Crippen molar-refractivity contribution in [2.45, 2.75) is 39.4 Å². The first kappa shape index (κ1) is 21.0. The zero-order valence-electron chi connectivity index (χ0n) is 17.2. The molecule has 0 N–H and O–H groups in total. The van der Waals surface area contributed by atoms with Crippen LogP contribution in [-0.2, 0) is 14.2 Å². The minimum absolute atomic E-state index is 0.155. The first-order valence-electron chi connectivity index (χ1n) is 9.68. The molecule has 0 bridgehead atoms. The molecule has 0 spiro atoms. The lowest BCUT2D eigenvalue weighted by Gasteiger charge is -2.34. The molecule has 1 amide bonds. The largest absolute Gasteiger partial charge is 0.491 e. The third-order valence-electron chi connectivity index (χ3n) is 4.19. The quantitative estimate of drug-likeness (QED) is 0.702. The number of benzene rings is 1. The summed E-state index contributed by atoms with van der Waals surface area (Å²) in [5.74, 6) is 0.276. The smallest absolute Gasteiger partial charge is 0.410 e. The van der Waals surface area contributed by atoms with Crippen LogP contribution in [0.2, 0.25) is 0 Å². The van der Waals surface area contributed by atoms with Crippen molar-refractivity contribution < 1.29 is 33.0 Å². The minimum atomic E-state index is -0.538. The van der Waals surface area contributed by atoms with E-state index in [1.165, 1.54) is 0 Å². The van der Waals surface area contributed by atoms with Crippen LogP contribution in [0.3, 0.4) is 0 Å². The molecule has 2 aromatic rings. The first-order valence-corrected chi connectivity index (χ1v) is 9.68. The van der Waals surface area contributed by atoms with Crippen molar-refractivity contribution in [3.8, 4) is 5.75 Å². The van der Waals surface area contributed by atoms with E-state index >= 15 is 0 Å². The third kappa shape index (κ3) is 5.63. The molecule has 1 aliphatic heterocycles. The lowest BCUT2D eigenvalue weighted by molar-refractivity contribution is -0.0557. The normalized spacial score (nSPS) is 17.2. The van der Waals surface area contributed by atoms with Crippen LogP contribution >= 0.6 is 0 Å². The third-order valence-corrected chi connectivity index (χ3v) is 4.19. The highest BCUT2D eigenvalue weighted by Gasteiger charge is 2.28. The fraction of sp³-hybridized carbons (Fsp3) is 0.524. The molecular formula is C21H27NO7. The van der Waals surface area contributed by atoms with Gasteiger partial charge in [0.25, 0.3) is 0 Å². The topological polar surface area (TPSA) is 87.4 Å². The molecule has 1 fully saturated rings. The van der Waals surface area contributed by atoms with Crippen LogP contribution in [0.5, 0.6) is 5.75 Å². The lowest BCUT2D eigenvalue weighted by Crippen LogP contribution is -2.49. The number of nitrogens with zero attached hydrogens (tertiary/aromatic N) is 1. The van der Waals surface area contributed by atoms with Gasteiger partial charge < -0.3 is 28.3 Å². The van der Waals surface area contributed by atoms with Crippen molar-refractivity contribution in [1.29, 1.82) is 0 Å². The van der Waals surface area contributed by atoms with Crippen LogP contribution in [0.25, 0.3) is 11.0 Å². The number of hydrogen-bond acceptors (Lipinski definition) is 7. The van der Waals surface area contributed by atoms with Crippen LogP contribution in [0.4, 0.5) is 4.79 Å². The Kier molecular flexibility index (Phi) is 6.32. The van der Waals surface area contributed by atoms with Crippen molar-refractivity contribution in [3.63, 3.8) is 0 Å². The number of morpholine rings is 1. The van der Waals surface area contributed by atoms with E-state index in [1.54, 1.807) is 36.1 Å². The van der Waals surface area contributed by atoms with Gasteiger partial charge in [0.1, 0.15) is 29.6 Å². The van der Waals surface area contributed by atoms with E-state index in [-0.39, 0.29) is 31.2 Å². The number of ether oxygens (including phenoxy) is 4. The van der Waals surface area contributed by atoms with Gasteiger partial charge in [0.05, 0.1) is 19.8 Å². The Morgan fingerprint density at radius 3 is 2.76 bits per heavy atom. The van der Waals surface area contributed by atoms with Gasteiger partial charge in [-0.05, 0) is 52.0 Å². The van der Waals surface area contributed by atoms with E-state index in [0.29, 0.717) is 31.0 Å². The van der Waals surface area contributed by atoms with Crippen molar-refractivity contribution in [1.82, 2.24) is 4.90 Å². The van der Waals surface area contributed by atoms with Crippen LogP contribution in [0.1, 0.15) is 38.2 Å². The summed E-state index contributed by atoms with van der Waals surface area (Å²) >= 11 is 0. The maximum atomic E-state index is 12.2. The average molecular weight is 405 g/mol. The highest BCUT2D eigenvalue weighted by Crippen LogP contribution is 2.25. The first-order chi connectivity index (χ1) is 13.7. The summed E-state index contributed by atoms with van der Waals surface area (Å²) in [5.41, 5.74) is 0.0366. The van der Waals surface area contributed by atoms with Crippen LogP contribution in [-0.4, -0.2) is 61.6 Å². The fourth-order valence-electron chi connectivity index (χ4n) is 2.92. The number of amides is 1. The zero-order chi connectivity index (χ0) is 21.0. The van der Waals surface area contributed by atoms with Crippen LogP contribution in [0.15, 0.2) is 28.7 Å². The molecule has 0 unspecified atom stereocenters. The lowest BCUT2D eigenvalue weighted by atomic mass is 10.2.